The summed E-state index contributed by atoms with van der Waals surface area (Å²) in [6.07, 6.45) is 2.53. The van der Waals surface area contributed by atoms with Crippen molar-refractivity contribution in [3.8, 4) is 0 Å². The monoisotopic (exact) mass is 283 g/mol. The summed E-state index contributed by atoms with van der Waals surface area (Å²) in [5, 5.41) is 2.84. The lowest BCUT2D eigenvalue weighted by Gasteiger charge is -2.27. The van der Waals surface area contributed by atoms with Gasteiger partial charge in [-0.25, -0.2) is 0 Å². The Labute approximate surface area is 119 Å². The molecule has 0 aliphatic heterocycles. The summed E-state index contributed by atoms with van der Waals surface area (Å²) in [4.78, 5) is 14.4. The van der Waals surface area contributed by atoms with Crippen LogP contribution in [0.25, 0.3) is 0 Å². The fourth-order valence-electron chi connectivity index (χ4n) is 1.80. The van der Waals surface area contributed by atoms with Gasteiger partial charge in [-0.15, -0.1) is 0 Å². The first-order chi connectivity index (χ1) is 9.04. The highest BCUT2D eigenvalue weighted by atomic mass is 32.1. The molecule has 1 atom stereocenters. The van der Waals surface area contributed by atoms with E-state index in [1.165, 1.54) is 0 Å². The van der Waals surface area contributed by atoms with Gasteiger partial charge in [-0.1, -0.05) is 19.1 Å². The van der Waals surface area contributed by atoms with Crippen LogP contribution in [0.4, 0.5) is 0 Å². The Morgan fingerprint density at radius 2 is 2.37 bits per heavy atom. The molecule has 1 rings (SSSR count). The number of furan rings is 1. The van der Waals surface area contributed by atoms with E-state index in [2.05, 4.69) is 12.2 Å². The predicted octanol–water partition coefficient (Wildman–Crippen LogP) is 1.28. The average molecular weight is 283 g/mol. The summed E-state index contributed by atoms with van der Waals surface area (Å²) < 4.78 is 5.17. The highest BCUT2D eigenvalue weighted by Crippen LogP contribution is 2.03. The van der Waals surface area contributed by atoms with Crippen molar-refractivity contribution >= 4 is 23.1 Å². The van der Waals surface area contributed by atoms with Gasteiger partial charge in [-0.05, 0) is 32.0 Å². The molecule has 0 aliphatic rings. The second-order valence-corrected chi connectivity index (χ2v) is 4.93. The van der Waals surface area contributed by atoms with E-state index >= 15 is 0 Å². The van der Waals surface area contributed by atoms with E-state index in [-0.39, 0.29) is 11.9 Å². The van der Waals surface area contributed by atoms with Crippen LogP contribution in [0.2, 0.25) is 0 Å². The fourth-order valence-corrected chi connectivity index (χ4v) is 1.96. The summed E-state index contributed by atoms with van der Waals surface area (Å²) in [6.45, 7) is 5.54. The number of thiocarbonyl (C=S) groups is 1. The highest BCUT2D eigenvalue weighted by Gasteiger charge is 2.20. The van der Waals surface area contributed by atoms with Crippen LogP contribution in [0.15, 0.2) is 22.8 Å². The third kappa shape index (κ3) is 5.40. The first-order valence-corrected chi connectivity index (χ1v) is 6.77. The number of nitrogens with zero attached hydrogens (tertiary/aromatic N) is 1. The van der Waals surface area contributed by atoms with Gasteiger partial charge in [0.15, 0.2) is 0 Å². The number of hydrogen-bond acceptors (Lipinski definition) is 4. The maximum Gasteiger partial charge on any atom is 0.237 e. The van der Waals surface area contributed by atoms with Crippen LogP contribution >= 0.6 is 12.2 Å². The zero-order valence-corrected chi connectivity index (χ0v) is 12.2. The van der Waals surface area contributed by atoms with Crippen LogP contribution in [0, 0.1) is 0 Å². The Morgan fingerprint density at radius 3 is 2.89 bits per heavy atom. The second kappa shape index (κ2) is 7.91. The molecule has 0 bridgehead atoms. The van der Waals surface area contributed by atoms with Crippen LogP contribution in [-0.4, -0.2) is 34.9 Å². The minimum absolute atomic E-state index is 0.0545. The van der Waals surface area contributed by atoms with Gasteiger partial charge in [0.2, 0.25) is 5.91 Å². The quantitative estimate of drug-likeness (QED) is 0.703. The lowest BCUT2D eigenvalue weighted by Crippen LogP contribution is -2.47. The van der Waals surface area contributed by atoms with E-state index in [0.717, 1.165) is 18.7 Å². The van der Waals surface area contributed by atoms with Crippen LogP contribution in [0.5, 0.6) is 0 Å². The van der Waals surface area contributed by atoms with Gasteiger partial charge in [0.05, 0.1) is 23.8 Å². The molecule has 6 heteroatoms. The molecule has 1 heterocycles. The van der Waals surface area contributed by atoms with Crippen molar-refractivity contribution in [3.05, 3.63) is 24.2 Å². The molecule has 0 saturated heterocycles. The van der Waals surface area contributed by atoms with E-state index in [0.29, 0.717) is 18.1 Å². The van der Waals surface area contributed by atoms with Gasteiger partial charge in [-0.2, -0.15) is 0 Å². The smallest absolute Gasteiger partial charge is 0.237 e. The third-order valence-corrected chi connectivity index (χ3v) is 2.94. The molecule has 0 fully saturated rings. The van der Waals surface area contributed by atoms with Crippen molar-refractivity contribution in [1.29, 1.82) is 0 Å². The van der Waals surface area contributed by atoms with Gasteiger partial charge in [0, 0.05) is 6.54 Å². The molecule has 106 valence electrons. The molecule has 0 aromatic carbocycles. The molecule has 0 radical (unpaired) electrons. The molecule has 1 unspecified atom stereocenters. The summed E-state index contributed by atoms with van der Waals surface area (Å²) in [5.41, 5.74) is 5.56. The Kier molecular flexibility index (Phi) is 6.52. The molecule has 19 heavy (non-hydrogen) atoms. The third-order valence-electron chi connectivity index (χ3n) is 2.81. The van der Waals surface area contributed by atoms with Crippen LogP contribution < -0.4 is 11.1 Å². The van der Waals surface area contributed by atoms with Gasteiger partial charge in [0.1, 0.15) is 5.76 Å². The van der Waals surface area contributed by atoms with Gasteiger partial charge in [-0.3, -0.25) is 9.69 Å². The maximum absolute atomic E-state index is 12.1. The van der Waals surface area contributed by atoms with Gasteiger partial charge >= 0.3 is 0 Å². The minimum atomic E-state index is -0.267. The van der Waals surface area contributed by atoms with Crippen molar-refractivity contribution in [2.75, 3.05) is 13.1 Å². The molecule has 1 aromatic heterocycles. The number of nitrogens with one attached hydrogen (secondary N) is 1. The Balaban J connectivity index is 2.49. The van der Waals surface area contributed by atoms with Gasteiger partial charge < -0.3 is 15.5 Å². The summed E-state index contributed by atoms with van der Waals surface area (Å²) in [5.74, 6) is 0.679. The second-order valence-electron chi connectivity index (χ2n) is 4.41. The molecular weight excluding hydrogens is 262 g/mol. The molecule has 3 N–H and O–H groups in total. The number of carbonyl (C=O) groups excluding carboxylic acids is 1. The zero-order valence-electron chi connectivity index (χ0n) is 11.4. The number of rotatable bonds is 8. The van der Waals surface area contributed by atoms with Crippen molar-refractivity contribution < 1.29 is 9.21 Å². The Morgan fingerprint density at radius 1 is 1.63 bits per heavy atom. The standard InChI is InChI=1S/C13H21N3O2S/c1-3-6-16(9-12(14)19)10(2)13(17)15-8-11-5-4-7-18-11/h4-5,7,10H,3,6,8-9H2,1-2H3,(H2,14,19)(H,15,17). The predicted molar refractivity (Wildman–Crippen MR) is 78.7 cm³/mol. The minimum Gasteiger partial charge on any atom is -0.467 e. The summed E-state index contributed by atoms with van der Waals surface area (Å²) in [7, 11) is 0. The lowest BCUT2D eigenvalue weighted by molar-refractivity contribution is -0.125. The molecule has 0 aliphatic carbocycles. The van der Waals surface area contributed by atoms with Crippen LogP contribution in [-0.2, 0) is 11.3 Å². The highest BCUT2D eigenvalue weighted by molar-refractivity contribution is 7.80. The SMILES string of the molecule is CCCN(CC(N)=S)C(C)C(=O)NCc1ccco1. The number of carbonyl (C=O) groups is 1. The van der Waals surface area contributed by atoms with E-state index in [1.807, 2.05) is 17.9 Å². The molecule has 1 amide bonds. The van der Waals surface area contributed by atoms with E-state index in [9.17, 15) is 4.79 Å². The fraction of sp³-hybridized carbons (Fsp3) is 0.538. The molecular formula is C13H21N3O2S. The van der Waals surface area contributed by atoms with Crippen molar-refractivity contribution in [2.45, 2.75) is 32.9 Å². The average Bonchev–Trinajstić information content (AvgIpc) is 2.87. The van der Waals surface area contributed by atoms with Crippen LogP contribution in [0.1, 0.15) is 26.0 Å². The largest absolute Gasteiger partial charge is 0.467 e. The first-order valence-electron chi connectivity index (χ1n) is 6.37. The Bertz CT molecular complexity index is 406. The maximum atomic E-state index is 12.1. The molecule has 0 spiro atoms. The van der Waals surface area contributed by atoms with Gasteiger partial charge in [0.25, 0.3) is 0 Å². The number of nitrogens with two attached hydrogens (primary N) is 1. The van der Waals surface area contributed by atoms with Crippen molar-refractivity contribution in [3.63, 3.8) is 0 Å². The van der Waals surface area contributed by atoms with Crippen molar-refractivity contribution in [2.24, 2.45) is 5.73 Å². The lowest BCUT2D eigenvalue weighted by atomic mass is 10.2. The number of amides is 1. The van der Waals surface area contributed by atoms with Crippen LogP contribution in [0.3, 0.4) is 0 Å². The molecule has 5 nitrogen and oxygen atoms in total. The molecule has 0 saturated carbocycles. The topological polar surface area (TPSA) is 71.5 Å². The van der Waals surface area contributed by atoms with Crippen molar-refractivity contribution in [1.82, 2.24) is 10.2 Å². The van der Waals surface area contributed by atoms with E-state index < -0.39 is 0 Å². The summed E-state index contributed by atoms with van der Waals surface area (Å²) in [6, 6.07) is 3.35. The molecule has 1 aromatic rings. The summed E-state index contributed by atoms with van der Waals surface area (Å²) >= 11 is 4.91. The number of hydrogen-bond donors (Lipinski definition) is 2. The van der Waals surface area contributed by atoms with E-state index in [1.54, 1.807) is 12.3 Å². The Hall–Kier alpha value is -1.40. The van der Waals surface area contributed by atoms with E-state index in [4.69, 9.17) is 22.4 Å². The first kappa shape index (κ1) is 15.7. The normalized spacial score (nSPS) is 12.4. The zero-order chi connectivity index (χ0) is 14.3.